The minimum atomic E-state index is -3.14. The molecule has 118 valence electrons. The van der Waals surface area contributed by atoms with Gasteiger partial charge in [-0.05, 0) is 0 Å². The quantitative estimate of drug-likeness (QED) is 0.669. The Balaban J connectivity index is 1.81. The summed E-state index contributed by atoms with van der Waals surface area (Å²) in [5.74, 6) is 0.362. The Bertz CT molecular complexity index is 725. The molecule has 3 nitrogen and oxygen atoms in total. The van der Waals surface area contributed by atoms with Crippen LogP contribution in [0.3, 0.4) is 0 Å². The average Bonchev–Trinajstić information content (AvgIpc) is 2.48. The number of allylic oxidation sites excluding steroid dienone is 4. The maximum absolute atomic E-state index is 11.9. The molecule has 1 heterocycles. The SMILES string of the molecule is CS(=O)(=O)N1CCCC2CC([Se]c3ccc(Br)cc3)=CC=C21. The van der Waals surface area contributed by atoms with Gasteiger partial charge in [-0.25, -0.2) is 0 Å². The van der Waals surface area contributed by atoms with E-state index in [0.717, 1.165) is 29.4 Å². The molecule has 6 heteroatoms. The van der Waals surface area contributed by atoms with Crippen molar-refractivity contribution in [3.63, 3.8) is 0 Å². The molecular weight excluding hydrogens is 429 g/mol. The average molecular weight is 447 g/mol. The van der Waals surface area contributed by atoms with Crippen LogP contribution >= 0.6 is 15.9 Å². The van der Waals surface area contributed by atoms with Crippen molar-refractivity contribution in [1.82, 2.24) is 4.31 Å². The second kappa shape index (κ2) is 6.52. The van der Waals surface area contributed by atoms with Crippen LogP contribution in [-0.2, 0) is 10.0 Å². The summed E-state index contributed by atoms with van der Waals surface area (Å²) in [6.07, 6.45) is 8.51. The zero-order valence-corrected chi connectivity index (χ0v) is 16.4. The number of rotatable bonds is 3. The van der Waals surface area contributed by atoms with E-state index < -0.39 is 10.0 Å². The molecule has 1 unspecified atom stereocenters. The molecule has 1 aromatic rings. The zero-order valence-electron chi connectivity index (χ0n) is 12.3. The predicted molar refractivity (Wildman–Crippen MR) is 94.6 cm³/mol. The standard InChI is InChI=1S/C16H18BrNO2SSe/c1-21(19,20)18-10-2-3-12-11-15(8-9-16(12)18)22-14-6-4-13(17)5-7-14/h4-9,12H,2-3,10-11H2,1H3. The van der Waals surface area contributed by atoms with Crippen molar-refractivity contribution in [3.8, 4) is 0 Å². The third-order valence-electron chi connectivity index (χ3n) is 3.97. The van der Waals surface area contributed by atoms with Crippen molar-refractivity contribution in [2.24, 2.45) is 5.92 Å². The van der Waals surface area contributed by atoms with Gasteiger partial charge in [0.2, 0.25) is 0 Å². The first-order valence-corrected chi connectivity index (χ1v) is 11.6. The van der Waals surface area contributed by atoms with Gasteiger partial charge < -0.3 is 0 Å². The van der Waals surface area contributed by atoms with Gasteiger partial charge in [0.15, 0.2) is 0 Å². The van der Waals surface area contributed by atoms with Crippen molar-refractivity contribution in [2.45, 2.75) is 19.3 Å². The van der Waals surface area contributed by atoms with Crippen LogP contribution in [0.15, 0.2) is 51.1 Å². The van der Waals surface area contributed by atoms with E-state index in [2.05, 4.69) is 46.3 Å². The van der Waals surface area contributed by atoms with Crippen molar-refractivity contribution in [1.29, 1.82) is 0 Å². The number of benzene rings is 1. The Morgan fingerprint density at radius 1 is 1.23 bits per heavy atom. The second-order valence-electron chi connectivity index (χ2n) is 5.66. The monoisotopic (exact) mass is 447 g/mol. The summed E-state index contributed by atoms with van der Waals surface area (Å²) in [7, 11) is -3.14. The molecule has 0 amide bonds. The summed E-state index contributed by atoms with van der Waals surface area (Å²) >= 11 is 3.78. The Morgan fingerprint density at radius 2 is 1.95 bits per heavy atom. The van der Waals surface area contributed by atoms with Gasteiger partial charge in [-0.2, -0.15) is 0 Å². The summed E-state index contributed by atoms with van der Waals surface area (Å²) in [5, 5.41) is 0. The van der Waals surface area contributed by atoms with E-state index >= 15 is 0 Å². The van der Waals surface area contributed by atoms with Crippen LogP contribution < -0.4 is 4.46 Å². The van der Waals surface area contributed by atoms with E-state index in [1.807, 2.05) is 6.08 Å². The van der Waals surface area contributed by atoms with Crippen molar-refractivity contribution in [2.75, 3.05) is 12.8 Å². The molecule has 22 heavy (non-hydrogen) atoms. The molecule has 0 N–H and O–H groups in total. The van der Waals surface area contributed by atoms with E-state index in [-0.39, 0.29) is 0 Å². The number of hydrogen-bond donors (Lipinski definition) is 0. The first-order chi connectivity index (χ1) is 10.4. The van der Waals surface area contributed by atoms with Gasteiger partial charge in [0.25, 0.3) is 0 Å². The molecule has 0 bridgehead atoms. The number of nitrogens with zero attached hydrogens (tertiary/aromatic N) is 1. The fourth-order valence-electron chi connectivity index (χ4n) is 2.96. The van der Waals surface area contributed by atoms with Crippen LogP contribution in [-0.4, -0.2) is 40.5 Å². The topological polar surface area (TPSA) is 37.4 Å². The summed E-state index contributed by atoms with van der Waals surface area (Å²) in [6, 6.07) is 8.48. The van der Waals surface area contributed by atoms with Crippen LogP contribution in [0.1, 0.15) is 19.3 Å². The molecule has 0 saturated carbocycles. The molecule has 2 aliphatic rings. The molecule has 1 aliphatic carbocycles. The zero-order chi connectivity index (χ0) is 15.7. The third kappa shape index (κ3) is 3.67. The van der Waals surface area contributed by atoms with E-state index in [0.29, 0.717) is 27.4 Å². The summed E-state index contributed by atoms with van der Waals surface area (Å²) < 4.78 is 29.3. The fraction of sp³-hybridized carbons (Fsp3) is 0.375. The Kier molecular flexibility index (Phi) is 4.83. The predicted octanol–water partition coefficient (Wildman–Crippen LogP) is 2.62. The van der Waals surface area contributed by atoms with Gasteiger partial charge in [-0.1, -0.05) is 0 Å². The van der Waals surface area contributed by atoms with Gasteiger partial charge in [0.1, 0.15) is 0 Å². The van der Waals surface area contributed by atoms with Gasteiger partial charge in [0, 0.05) is 0 Å². The Hall–Kier alpha value is -0.551. The number of fused-ring (bicyclic) bond motifs is 1. The minimum absolute atomic E-state index is 0.316. The van der Waals surface area contributed by atoms with E-state index in [1.165, 1.54) is 15.2 Å². The van der Waals surface area contributed by atoms with Crippen LogP contribution in [0, 0.1) is 5.92 Å². The van der Waals surface area contributed by atoms with E-state index in [9.17, 15) is 8.42 Å². The molecule has 0 radical (unpaired) electrons. The third-order valence-corrected chi connectivity index (χ3v) is 7.94. The molecule has 0 spiro atoms. The molecule has 1 saturated heterocycles. The molecule has 1 fully saturated rings. The number of halogens is 1. The summed E-state index contributed by atoms with van der Waals surface area (Å²) in [4.78, 5) is 0. The first-order valence-electron chi connectivity index (χ1n) is 7.25. The van der Waals surface area contributed by atoms with Crippen molar-refractivity contribution >= 4 is 45.4 Å². The summed E-state index contributed by atoms with van der Waals surface area (Å²) in [6.45, 7) is 0.627. The fourth-order valence-corrected chi connectivity index (χ4v) is 6.37. The number of hydrogen-bond acceptors (Lipinski definition) is 2. The van der Waals surface area contributed by atoms with Crippen LogP contribution in [0.4, 0.5) is 0 Å². The van der Waals surface area contributed by atoms with Crippen LogP contribution in [0.2, 0.25) is 0 Å². The molecule has 0 aromatic heterocycles. The van der Waals surface area contributed by atoms with Crippen LogP contribution in [0.25, 0.3) is 0 Å². The Labute approximate surface area is 146 Å². The molecule has 3 rings (SSSR count). The van der Waals surface area contributed by atoms with Crippen molar-refractivity contribution < 1.29 is 8.42 Å². The second-order valence-corrected chi connectivity index (χ2v) is 11.0. The number of sulfonamides is 1. The molecular formula is C16H18BrNO2SSe. The van der Waals surface area contributed by atoms with Gasteiger partial charge in [-0.15, -0.1) is 0 Å². The maximum atomic E-state index is 11.9. The molecule has 1 atom stereocenters. The normalized spacial score (nSPS) is 21.9. The van der Waals surface area contributed by atoms with Gasteiger partial charge >= 0.3 is 147 Å². The van der Waals surface area contributed by atoms with Gasteiger partial charge in [0.05, 0.1) is 0 Å². The Morgan fingerprint density at radius 3 is 2.64 bits per heavy atom. The van der Waals surface area contributed by atoms with E-state index in [1.54, 1.807) is 4.31 Å². The van der Waals surface area contributed by atoms with Crippen molar-refractivity contribution in [3.05, 3.63) is 51.1 Å². The first kappa shape index (κ1) is 16.3. The molecule has 1 aliphatic heterocycles. The van der Waals surface area contributed by atoms with Gasteiger partial charge in [-0.3, -0.25) is 0 Å². The molecule has 1 aromatic carbocycles. The summed E-state index contributed by atoms with van der Waals surface area (Å²) in [5.41, 5.74) is 0.990. The van der Waals surface area contributed by atoms with Crippen LogP contribution in [0.5, 0.6) is 0 Å². The van der Waals surface area contributed by atoms with E-state index in [4.69, 9.17) is 0 Å². The number of piperidine rings is 1.